The first-order valence-corrected chi connectivity index (χ1v) is 7.61. The highest BCUT2D eigenvalue weighted by atomic mass is 16.2. The Morgan fingerprint density at radius 1 is 1.27 bits per heavy atom. The molecule has 2 aromatic rings. The van der Waals surface area contributed by atoms with Gasteiger partial charge in [0.2, 0.25) is 11.8 Å². The summed E-state index contributed by atoms with van der Waals surface area (Å²) in [5, 5.41) is 3.79. The summed E-state index contributed by atoms with van der Waals surface area (Å²) < 4.78 is 0. The van der Waals surface area contributed by atoms with Crippen molar-refractivity contribution in [1.82, 2.24) is 10.3 Å². The van der Waals surface area contributed by atoms with Gasteiger partial charge in [0.1, 0.15) is 6.04 Å². The van der Waals surface area contributed by atoms with Crippen molar-refractivity contribution in [3.8, 4) is 0 Å². The van der Waals surface area contributed by atoms with Gasteiger partial charge in [0.15, 0.2) is 0 Å². The Hall–Kier alpha value is -2.30. The molecule has 0 unspecified atom stereocenters. The van der Waals surface area contributed by atoms with Crippen LogP contribution >= 0.6 is 0 Å². The van der Waals surface area contributed by atoms with Gasteiger partial charge in [-0.3, -0.25) is 9.59 Å². The van der Waals surface area contributed by atoms with Crippen LogP contribution in [-0.2, 0) is 16.0 Å². The molecule has 1 aromatic heterocycles. The maximum Gasteiger partial charge on any atom is 0.240 e. The van der Waals surface area contributed by atoms with Crippen LogP contribution in [0.5, 0.6) is 0 Å². The Labute approximate surface area is 130 Å². The minimum atomic E-state index is -0.682. The molecule has 0 spiro atoms. The van der Waals surface area contributed by atoms with E-state index in [1.165, 1.54) is 0 Å². The van der Waals surface area contributed by atoms with Crippen LogP contribution in [0.4, 0.5) is 0 Å². The van der Waals surface area contributed by atoms with Gasteiger partial charge in [0.05, 0.1) is 0 Å². The molecule has 1 heterocycles. The maximum atomic E-state index is 11.9. The van der Waals surface area contributed by atoms with E-state index in [0.29, 0.717) is 18.8 Å². The molecule has 5 heteroatoms. The number of aromatic amines is 1. The fraction of sp³-hybridized carbons (Fsp3) is 0.412. The summed E-state index contributed by atoms with van der Waals surface area (Å²) in [6.07, 6.45) is 3.47. The van der Waals surface area contributed by atoms with Gasteiger partial charge in [-0.25, -0.2) is 0 Å². The number of nitrogens with one attached hydrogen (secondary N) is 2. The van der Waals surface area contributed by atoms with Crippen molar-refractivity contribution in [3.63, 3.8) is 0 Å². The fourth-order valence-electron chi connectivity index (χ4n) is 2.43. The molecule has 0 saturated heterocycles. The Morgan fingerprint density at radius 3 is 2.68 bits per heavy atom. The van der Waals surface area contributed by atoms with Crippen molar-refractivity contribution in [2.24, 2.45) is 11.7 Å². The standard InChI is InChI=1S/C17H23N3O2/c1-11(2)7-8-16(21)20-15(17(18)22)9-12-10-19-14-6-4-3-5-13(12)14/h3-6,10-11,15,19H,7-9H2,1-2H3,(H2,18,22)(H,20,21)/t15-/m0/s1. The van der Waals surface area contributed by atoms with Crippen LogP contribution in [-0.4, -0.2) is 22.8 Å². The molecule has 118 valence electrons. The first-order chi connectivity index (χ1) is 10.5. The van der Waals surface area contributed by atoms with Crippen molar-refractivity contribution in [2.45, 2.75) is 39.2 Å². The molecule has 2 rings (SSSR count). The molecule has 5 nitrogen and oxygen atoms in total. The van der Waals surface area contributed by atoms with Crippen molar-refractivity contribution < 1.29 is 9.59 Å². The monoisotopic (exact) mass is 301 g/mol. The van der Waals surface area contributed by atoms with Crippen LogP contribution in [0.2, 0.25) is 0 Å². The summed E-state index contributed by atoms with van der Waals surface area (Å²) in [6.45, 7) is 4.12. The second-order valence-electron chi connectivity index (χ2n) is 6.02. The average Bonchev–Trinajstić information content (AvgIpc) is 2.87. The van der Waals surface area contributed by atoms with Crippen molar-refractivity contribution in [2.75, 3.05) is 0 Å². The first-order valence-electron chi connectivity index (χ1n) is 7.61. The number of para-hydroxylation sites is 1. The molecule has 1 aromatic carbocycles. The van der Waals surface area contributed by atoms with E-state index in [1.807, 2.05) is 30.5 Å². The molecule has 0 aliphatic rings. The molecule has 22 heavy (non-hydrogen) atoms. The summed E-state index contributed by atoms with van der Waals surface area (Å²) in [4.78, 5) is 26.7. The summed E-state index contributed by atoms with van der Waals surface area (Å²) >= 11 is 0. The van der Waals surface area contributed by atoms with Gasteiger partial charge >= 0.3 is 0 Å². The predicted octanol–water partition coefficient (Wildman–Crippen LogP) is 2.12. The van der Waals surface area contributed by atoms with E-state index in [-0.39, 0.29) is 5.91 Å². The van der Waals surface area contributed by atoms with E-state index in [2.05, 4.69) is 24.1 Å². The minimum Gasteiger partial charge on any atom is -0.368 e. The number of fused-ring (bicyclic) bond motifs is 1. The van der Waals surface area contributed by atoms with E-state index in [1.54, 1.807) is 0 Å². The van der Waals surface area contributed by atoms with Gasteiger partial charge in [0.25, 0.3) is 0 Å². The second kappa shape index (κ2) is 7.11. The topological polar surface area (TPSA) is 88.0 Å². The van der Waals surface area contributed by atoms with Crippen LogP contribution in [0.1, 0.15) is 32.3 Å². The van der Waals surface area contributed by atoms with E-state index < -0.39 is 11.9 Å². The van der Waals surface area contributed by atoms with Gasteiger partial charge in [-0.1, -0.05) is 32.0 Å². The van der Waals surface area contributed by atoms with E-state index >= 15 is 0 Å². The second-order valence-corrected chi connectivity index (χ2v) is 6.02. The highest BCUT2D eigenvalue weighted by Gasteiger charge is 2.20. The number of carbonyl (C=O) groups is 2. The van der Waals surface area contributed by atoms with Crippen LogP contribution < -0.4 is 11.1 Å². The quantitative estimate of drug-likeness (QED) is 0.731. The maximum absolute atomic E-state index is 11.9. The van der Waals surface area contributed by atoms with E-state index in [0.717, 1.165) is 22.9 Å². The van der Waals surface area contributed by atoms with Crippen LogP contribution in [0.25, 0.3) is 10.9 Å². The molecule has 0 radical (unpaired) electrons. The Morgan fingerprint density at radius 2 is 2.00 bits per heavy atom. The largest absolute Gasteiger partial charge is 0.368 e. The smallest absolute Gasteiger partial charge is 0.240 e. The molecule has 4 N–H and O–H groups in total. The van der Waals surface area contributed by atoms with Gasteiger partial charge in [0, 0.05) is 29.9 Å². The van der Waals surface area contributed by atoms with Crippen LogP contribution in [0.3, 0.4) is 0 Å². The highest BCUT2D eigenvalue weighted by molar-refractivity contribution is 5.88. The third-order valence-electron chi connectivity index (χ3n) is 3.73. The molecule has 1 atom stereocenters. The lowest BCUT2D eigenvalue weighted by Gasteiger charge is -2.15. The molecular weight excluding hydrogens is 278 g/mol. The summed E-state index contributed by atoms with van der Waals surface area (Å²) in [6, 6.07) is 7.17. The molecule has 0 aliphatic carbocycles. The Kier molecular flexibility index (Phi) is 5.20. The lowest BCUT2D eigenvalue weighted by atomic mass is 10.0. The molecule has 0 aliphatic heterocycles. The van der Waals surface area contributed by atoms with Gasteiger partial charge in [-0.15, -0.1) is 0 Å². The summed E-state index contributed by atoms with van der Waals surface area (Å²) in [5.74, 6) is -0.188. The number of benzene rings is 1. The molecule has 2 amide bonds. The summed E-state index contributed by atoms with van der Waals surface area (Å²) in [7, 11) is 0. The fourth-order valence-corrected chi connectivity index (χ4v) is 2.43. The number of hydrogen-bond acceptors (Lipinski definition) is 2. The van der Waals surface area contributed by atoms with E-state index in [9.17, 15) is 9.59 Å². The third-order valence-corrected chi connectivity index (χ3v) is 3.73. The minimum absolute atomic E-state index is 0.127. The molecule has 0 saturated carbocycles. The number of amides is 2. The number of aromatic nitrogens is 1. The van der Waals surface area contributed by atoms with Crippen molar-refractivity contribution in [3.05, 3.63) is 36.0 Å². The van der Waals surface area contributed by atoms with Crippen molar-refractivity contribution in [1.29, 1.82) is 0 Å². The molecule has 0 fully saturated rings. The SMILES string of the molecule is CC(C)CCC(=O)N[C@@H](Cc1c[nH]c2ccccc12)C(N)=O. The van der Waals surface area contributed by atoms with Gasteiger partial charge in [-0.2, -0.15) is 0 Å². The van der Waals surface area contributed by atoms with Crippen LogP contribution in [0.15, 0.2) is 30.5 Å². The van der Waals surface area contributed by atoms with Crippen LogP contribution in [0, 0.1) is 5.92 Å². The molecular formula is C17H23N3O2. The normalized spacial score (nSPS) is 12.5. The number of primary amides is 1. The summed E-state index contributed by atoms with van der Waals surface area (Å²) in [5.41, 5.74) is 7.42. The lowest BCUT2D eigenvalue weighted by molar-refractivity contribution is -0.127. The lowest BCUT2D eigenvalue weighted by Crippen LogP contribution is -2.45. The molecule has 0 bridgehead atoms. The average molecular weight is 301 g/mol. The number of H-pyrrole nitrogens is 1. The predicted molar refractivity (Wildman–Crippen MR) is 87.2 cm³/mol. The zero-order valence-electron chi connectivity index (χ0n) is 13.1. The Bertz CT molecular complexity index is 661. The Balaban J connectivity index is 2.06. The number of nitrogens with two attached hydrogens (primary N) is 1. The number of hydrogen-bond donors (Lipinski definition) is 3. The first kappa shape index (κ1) is 16.1. The zero-order chi connectivity index (χ0) is 16.1. The van der Waals surface area contributed by atoms with Crippen molar-refractivity contribution >= 4 is 22.7 Å². The third kappa shape index (κ3) is 4.10. The van der Waals surface area contributed by atoms with E-state index in [4.69, 9.17) is 5.73 Å². The number of carbonyl (C=O) groups excluding carboxylic acids is 2. The number of rotatable bonds is 7. The van der Waals surface area contributed by atoms with Gasteiger partial charge in [-0.05, 0) is 24.0 Å². The van der Waals surface area contributed by atoms with Gasteiger partial charge < -0.3 is 16.0 Å². The highest BCUT2D eigenvalue weighted by Crippen LogP contribution is 2.19. The zero-order valence-corrected chi connectivity index (χ0v) is 13.1.